The van der Waals surface area contributed by atoms with Gasteiger partial charge in [0.05, 0.1) is 5.56 Å². The number of rotatable bonds is 2. The van der Waals surface area contributed by atoms with Crippen molar-refractivity contribution in [2.75, 3.05) is 0 Å². The Labute approximate surface area is 118 Å². The minimum Gasteiger partial charge on any atom is -0.326 e. The van der Waals surface area contributed by atoms with Gasteiger partial charge in [-0.3, -0.25) is 0 Å². The summed E-state index contributed by atoms with van der Waals surface area (Å²) >= 11 is 5.96. The van der Waals surface area contributed by atoms with E-state index in [-0.39, 0.29) is 12.1 Å². The molecule has 2 N–H and O–H groups in total. The maximum Gasteiger partial charge on any atom is 0.419 e. The molecule has 0 fully saturated rings. The Morgan fingerprint density at radius 2 is 1.60 bits per heavy atom. The van der Waals surface area contributed by atoms with Crippen molar-refractivity contribution < 1.29 is 17.6 Å². The third-order valence-electron chi connectivity index (χ3n) is 2.88. The zero-order valence-electron chi connectivity index (χ0n) is 10.1. The van der Waals surface area contributed by atoms with Crippen LogP contribution in [0.4, 0.5) is 17.6 Å². The van der Waals surface area contributed by atoms with Crippen molar-refractivity contribution in [3.8, 4) is 11.1 Å². The fraction of sp³-hybridized carbons (Fsp3) is 0.143. The minimum absolute atomic E-state index is 0.232. The summed E-state index contributed by atoms with van der Waals surface area (Å²) in [5, 5.41) is 0.364. The van der Waals surface area contributed by atoms with Crippen LogP contribution in [0.5, 0.6) is 0 Å². The zero-order valence-corrected chi connectivity index (χ0v) is 10.9. The Bertz CT molecular complexity index is 638. The van der Waals surface area contributed by atoms with E-state index >= 15 is 0 Å². The second-order valence-electron chi connectivity index (χ2n) is 4.20. The lowest BCUT2D eigenvalue weighted by Crippen LogP contribution is -2.08. The van der Waals surface area contributed by atoms with Crippen LogP contribution >= 0.6 is 11.6 Å². The number of alkyl halides is 3. The summed E-state index contributed by atoms with van der Waals surface area (Å²) in [5.74, 6) is -1.30. The third-order valence-corrected chi connectivity index (χ3v) is 3.23. The smallest absolute Gasteiger partial charge is 0.326 e. The second kappa shape index (κ2) is 5.42. The molecule has 2 aromatic carbocycles. The number of hydrogen-bond acceptors (Lipinski definition) is 1. The van der Waals surface area contributed by atoms with Crippen molar-refractivity contribution in [1.29, 1.82) is 0 Å². The van der Waals surface area contributed by atoms with Gasteiger partial charge in [-0.2, -0.15) is 13.2 Å². The molecular weight excluding hydrogens is 294 g/mol. The summed E-state index contributed by atoms with van der Waals surface area (Å²) in [6.45, 7) is 0.232. The van der Waals surface area contributed by atoms with Gasteiger partial charge in [0, 0.05) is 11.6 Å². The van der Waals surface area contributed by atoms with Crippen LogP contribution in [0, 0.1) is 5.82 Å². The summed E-state index contributed by atoms with van der Waals surface area (Å²) in [6, 6.07) is 7.58. The van der Waals surface area contributed by atoms with Crippen molar-refractivity contribution in [2.24, 2.45) is 5.73 Å². The maximum absolute atomic E-state index is 13.2. The van der Waals surface area contributed by atoms with Gasteiger partial charge >= 0.3 is 6.18 Å². The molecule has 0 saturated heterocycles. The standard InChI is InChI=1S/C14H10ClF4N/c15-12-6-9(1-2-10(12)7-20)8-3-4-13(16)11(5-8)14(17,18)19/h1-6H,7,20H2. The average molecular weight is 304 g/mol. The highest BCUT2D eigenvalue weighted by atomic mass is 35.5. The molecule has 20 heavy (non-hydrogen) atoms. The van der Waals surface area contributed by atoms with Crippen molar-refractivity contribution in [3.05, 3.63) is 58.4 Å². The molecule has 0 heterocycles. The molecule has 106 valence electrons. The molecule has 0 unspecified atom stereocenters. The van der Waals surface area contributed by atoms with Crippen molar-refractivity contribution in [3.63, 3.8) is 0 Å². The molecule has 0 amide bonds. The number of halogens is 5. The van der Waals surface area contributed by atoms with Crippen LogP contribution < -0.4 is 5.73 Å². The monoisotopic (exact) mass is 303 g/mol. The SMILES string of the molecule is NCc1ccc(-c2ccc(F)c(C(F)(F)F)c2)cc1Cl. The fourth-order valence-corrected chi connectivity index (χ4v) is 2.07. The molecule has 1 nitrogen and oxygen atoms in total. The highest BCUT2D eigenvalue weighted by Crippen LogP contribution is 2.35. The van der Waals surface area contributed by atoms with E-state index in [2.05, 4.69) is 0 Å². The van der Waals surface area contributed by atoms with E-state index < -0.39 is 17.6 Å². The van der Waals surface area contributed by atoms with Gasteiger partial charge in [-0.25, -0.2) is 4.39 Å². The van der Waals surface area contributed by atoms with Crippen LogP contribution in [0.15, 0.2) is 36.4 Å². The first-order valence-electron chi connectivity index (χ1n) is 5.68. The summed E-state index contributed by atoms with van der Waals surface area (Å²) in [5.41, 5.74) is 5.56. The van der Waals surface area contributed by atoms with E-state index in [9.17, 15) is 17.6 Å². The van der Waals surface area contributed by atoms with Crippen molar-refractivity contribution >= 4 is 11.6 Å². The largest absolute Gasteiger partial charge is 0.419 e. The molecule has 0 atom stereocenters. The second-order valence-corrected chi connectivity index (χ2v) is 4.61. The first-order valence-corrected chi connectivity index (χ1v) is 6.06. The van der Waals surface area contributed by atoms with Gasteiger partial charge in [0.25, 0.3) is 0 Å². The van der Waals surface area contributed by atoms with Gasteiger partial charge in [0.1, 0.15) is 5.82 Å². The lowest BCUT2D eigenvalue weighted by molar-refractivity contribution is -0.139. The van der Waals surface area contributed by atoms with Gasteiger partial charge < -0.3 is 5.73 Å². The van der Waals surface area contributed by atoms with Crippen LogP contribution in [0.1, 0.15) is 11.1 Å². The van der Waals surface area contributed by atoms with E-state index in [1.807, 2.05) is 0 Å². The predicted molar refractivity (Wildman–Crippen MR) is 69.7 cm³/mol. The lowest BCUT2D eigenvalue weighted by Gasteiger charge is -2.11. The number of benzene rings is 2. The van der Waals surface area contributed by atoms with E-state index in [0.29, 0.717) is 16.1 Å². The molecule has 2 rings (SSSR count). The molecule has 2 aromatic rings. The van der Waals surface area contributed by atoms with Crippen LogP contribution in [0.3, 0.4) is 0 Å². The number of nitrogens with two attached hydrogens (primary N) is 1. The molecular formula is C14H10ClF4N. The van der Waals surface area contributed by atoms with Gasteiger partial charge in [0.15, 0.2) is 0 Å². The van der Waals surface area contributed by atoms with E-state index in [1.54, 1.807) is 12.1 Å². The maximum atomic E-state index is 13.2. The molecule has 0 aliphatic rings. The Morgan fingerprint density at radius 3 is 2.15 bits per heavy atom. The van der Waals surface area contributed by atoms with Crippen LogP contribution in [0.2, 0.25) is 5.02 Å². The van der Waals surface area contributed by atoms with Crippen molar-refractivity contribution in [1.82, 2.24) is 0 Å². The highest BCUT2D eigenvalue weighted by molar-refractivity contribution is 6.31. The molecule has 6 heteroatoms. The van der Waals surface area contributed by atoms with Crippen LogP contribution in [-0.4, -0.2) is 0 Å². The van der Waals surface area contributed by atoms with E-state index in [0.717, 1.165) is 12.1 Å². The average Bonchev–Trinajstić information content (AvgIpc) is 2.37. The molecule has 0 bridgehead atoms. The lowest BCUT2D eigenvalue weighted by atomic mass is 10.0. The summed E-state index contributed by atoms with van der Waals surface area (Å²) < 4.78 is 51.2. The fourth-order valence-electron chi connectivity index (χ4n) is 1.81. The van der Waals surface area contributed by atoms with E-state index in [4.69, 9.17) is 17.3 Å². The summed E-state index contributed by atoms with van der Waals surface area (Å²) in [7, 11) is 0. The van der Waals surface area contributed by atoms with Gasteiger partial charge in [-0.15, -0.1) is 0 Å². The van der Waals surface area contributed by atoms with Crippen molar-refractivity contribution in [2.45, 2.75) is 12.7 Å². The Hall–Kier alpha value is -1.59. The third kappa shape index (κ3) is 2.94. The Morgan fingerprint density at radius 1 is 1.00 bits per heavy atom. The molecule has 0 radical (unpaired) electrons. The topological polar surface area (TPSA) is 26.0 Å². The Balaban J connectivity index is 2.51. The van der Waals surface area contributed by atoms with Gasteiger partial charge in [-0.1, -0.05) is 29.8 Å². The summed E-state index contributed by atoms with van der Waals surface area (Å²) in [4.78, 5) is 0. The van der Waals surface area contributed by atoms with E-state index in [1.165, 1.54) is 12.1 Å². The highest BCUT2D eigenvalue weighted by Gasteiger charge is 2.34. The van der Waals surface area contributed by atoms with Crippen LogP contribution in [-0.2, 0) is 12.7 Å². The van der Waals surface area contributed by atoms with Gasteiger partial charge in [0.2, 0.25) is 0 Å². The first kappa shape index (κ1) is 14.8. The molecule has 0 spiro atoms. The normalized spacial score (nSPS) is 11.7. The first-order chi connectivity index (χ1) is 9.32. The quantitative estimate of drug-likeness (QED) is 0.805. The Kier molecular flexibility index (Phi) is 4.01. The minimum atomic E-state index is -4.74. The molecule has 0 saturated carbocycles. The predicted octanol–water partition coefficient (Wildman–Crippen LogP) is 4.62. The zero-order chi connectivity index (χ0) is 14.9. The molecule has 0 aliphatic carbocycles. The summed E-state index contributed by atoms with van der Waals surface area (Å²) in [6.07, 6.45) is -4.74. The molecule has 0 aromatic heterocycles. The number of hydrogen-bond donors (Lipinski definition) is 1. The van der Waals surface area contributed by atoms with Crippen LogP contribution in [0.25, 0.3) is 11.1 Å². The molecule has 0 aliphatic heterocycles. The van der Waals surface area contributed by atoms with Gasteiger partial charge in [-0.05, 0) is 34.9 Å².